The van der Waals surface area contributed by atoms with Crippen LogP contribution in [0.5, 0.6) is 0 Å². The van der Waals surface area contributed by atoms with E-state index in [-0.39, 0.29) is 12.4 Å². The topological polar surface area (TPSA) is 44.8 Å². The van der Waals surface area contributed by atoms with Crippen molar-refractivity contribution in [2.75, 3.05) is 13.7 Å². The minimum atomic E-state index is -0.126. The van der Waals surface area contributed by atoms with Crippen LogP contribution in [0.1, 0.15) is 19.3 Å². The molecule has 1 aliphatic heterocycles. The van der Waals surface area contributed by atoms with Gasteiger partial charge in [0.25, 0.3) is 6.47 Å². The molecule has 0 aromatic rings. The Morgan fingerprint density at radius 3 is 3.08 bits per heavy atom. The number of hydrogen-bond donors (Lipinski definition) is 0. The lowest BCUT2D eigenvalue weighted by atomic mass is 10.1. The Labute approximate surface area is 71.8 Å². The molecule has 0 aliphatic carbocycles. The second-order valence-electron chi connectivity index (χ2n) is 2.78. The molecule has 1 rings (SSSR count). The molecule has 0 unspecified atom stereocenters. The number of hydrogen-bond acceptors (Lipinski definition) is 4. The average molecular weight is 174 g/mol. The molecular formula is C8H14O4. The molecule has 1 fully saturated rings. The maximum absolute atomic E-state index is 9.89. The van der Waals surface area contributed by atoms with E-state index < -0.39 is 0 Å². The Balaban J connectivity index is 2.20. The molecule has 12 heavy (non-hydrogen) atoms. The van der Waals surface area contributed by atoms with Gasteiger partial charge in [-0.05, 0) is 19.3 Å². The Bertz CT molecular complexity index is 137. The summed E-state index contributed by atoms with van der Waals surface area (Å²) in [4.78, 5) is 9.89. The van der Waals surface area contributed by atoms with Crippen molar-refractivity contribution in [2.24, 2.45) is 0 Å². The summed E-state index contributed by atoms with van der Waals surface area (Å²) in [5, 5.41) is 0. The van der Waals surface area contributed by atoms with Gasteiger partial charge in [0.05, 0.1) is 6.10 Å². The number of ether oxygens (including phenoxy) is 3. The third kappa shape index (κ3) is 2.79. The van der Waals surface area contributed by atoms with Gasteiger partial charge in [0.1, 0.15) is 6.61 Å². The summed E-state index contributed by atoms with van der Waals surface area (Å²) >= 11 is 0. The molecule has 0 aromatic carbocycles. The van der Waals surface area contributed by atoms with E-state index in [1.165, 1.54) is 0 Å². The highest BCUT2D eigenvalue weighted by molar-refractivity contribution is 5.36. The third-order valence-electron chi connectivity index (χ3n) is 1.92. The maximum atomic E-state index is 9.89. The van der Waals surface area contributed by atoms with E-state index in [0.717, 1.165) is 19.3 Å². The zero-order chi connectivity index (χ0) is 8.81. The normalized spacial score (nSPS) is 29.8. The van der Waals surface area contributed by atoms with Crippen LogP contribution in [-0.2, 0) is 19.0 Å². The van der Waals surface area contributed by atoms with E-state index in [2.05, 4.69) is 4.74 Å². The second kappa shape index (κ2) is 5.11. The van der Waals surface area contributed by atoms with Gasteiger partial charge in [-0.25, -0.2) is 0 Å². The molecule has 0 bridgehead atoms. The van der Waals surface area contributed by atoms with Crippen molar-refractivity contribution in [3.63, 3.8) is 0 Å². The van der Waals surface area contributed by atoms with Gasteiger partial charge in [-0.1, -0.05) is 0 Å². The Morgan fingerprint density at radius 1 is 1.58 bits per heavy atom. The highest BCUT2D eigenvalue weighted by Crippen LogP contribution is 2.19. The number of carbonyl (C=O) groups is 1. The molecule has 4 nitrogen and oxygen atoms in total. The highest BCUT2D eigenvalue weighted by Gasteiger charge is 2.21. The number of methoxy groups -OCH3 is 1. The van der Waals surface area contributed by atoms with Crippen LogP contribution in [0.3, 0.4) is 0 Å². The van der Waals surface area contributed by atoms with E-state index in [9.17, 15) is 4.79 Å². The van der Waals surface area contributed by atoms with Gasteiger partial charge < -0.3 is 14.2 Å². The first-order chi connectivity index (χ1) is 5.86. The van der Waals surface area contributed by atoms with Crippen LogP contribution in [0.25, 0.3) is 0 Å². The molecule has 0 aromatic heterocycles. The lowest BCUT2D eigenvalue weighted by Gasteiger charge is -2.28. The second-order valence-corrected chi connectivity index (χ2v) is 2.78. The van der Waals surface area contributed by atoms with Crippen molar-refractivity contribution in [2.45, 2.75) is 31.7 Å². The van der Waals surface area contributed by atoms with Crippen LogP contribution in [0.15, 0.2) is 0 Å². The van der Waals surface area contributed by atoms with Crippen LogP contribution in [0.2, 0.25) is 0 Å². The number of rotatable bonds is 4. The molecule has 0 N–H and O–H groups in total. The van der Waals surface area contributed by atoms with Crippen LogP contribution in [0.4, 0.5) is 0 Å². The van der Waals surface area contributed by atoms with Crippen molar-refractivity contribution >= 4 is 6.47 Å². The summed E-state index contributed by atoms with van der Waals surface area (Å²) in [6.45, 7) is 0.781. The van der Waals surface area contributed by atoms with Crippen molar-refractivity contribution in [1.82, 2.24) is 0 Å². The average Bonchev–Trinajstić information content (AvgIpc) is 2.15. The fraction of sp³-hybridized carbons (Fsp3) is 0.875. The standard InChI is InChI=1S/C8H14O4/c1-10-8-4-2-3-7(12-8)5-11-6-9/h6-8H,2-5H2,1H3/t7-,8+/m0/s1. The Kier molecular flexibility index (Phi) is 4.04. The molecular weight excluding hydrogens is 160 g/mol. The summed E-state index contributed by atoms with van der Waals surface area (Å²) in [5.41, 5.74) is 0. The van der Waals surface area contributed by atoms with Gasteiger partial charge in [0.15, 0.2) is 6.29 Å². The van der Waals surface area contributed by atoms with Crippen LogP contribution in [0, 0.1) is 0 Å². The van der Waals surface area contributed by atoms with Gasteiger partial charge in [-0.3, -0.25) is 4.79 Å². The van der Waals surface area contributed by atoms with Gasteiger partial charge in [-0.15, -0.1) is 0 Å². The van der Waals surface area contributed by atoms with E-state index in [0.29, 0.717) is 13.1 Å². The van der Waals surface area contributed by atoms with Crippen LogP contribution in [-0.4, -0.2) is 32.6 Å². The number of carbonyl (C=O) groups excluding carboxylic acids is 1. The zero-order valence-electron chi connectivity index (χ0n) is 7.19. The Hall–Kier alpha value is -0.610. The molecule has 1 heterocycles. The molecule has 0 spiro atoms. The van der Waals surface area contributed by atoms with Crippen molar-refractivity contribution in [3.8, 4) is 0 Å². The first kappa shape index (κ1) is 9.48. The fourth-order valence-corrected chi connectivity index (χ4v) is 1.31. The molecule has 4 heteroatoms. The van der Waals surface area contributed by atoms with E-state index in [4.69, 9.17) is 9.47 Å². The quantitative estimate of drug-likeness (QED) is 0.588. The predicted octanol–water partition coefficient (Wildman–Crippen LogP) is 0.701. The highest BCUT2D eigenvalue weighted by atomic mass is 16.7. The largest absolute Gasteiger partial charge is 0.465 e. The summed E-state index contributed by atoms with van der Waals surface area (Å²) in [6, 6.07) is 0. The van der Waals surface area contributed by atoms with E-state index in [1.54, 1.807) is 7.11 Å². The van der Waals surface area contributed by atoms with Gasteiger partial charge in [-0.2, -0.15) is 0 Å². The van der Waals surface area contributed by atoms with Gasteiger partial charge in [0, 0.05) is 7.11 Å². The first-order valence-electron chi connectivity index (χ1n) is 4.10. The molecule has 1 saturated heterocycles. The SMILES string of the molecule is CO[C@H]1CCC[C@@H](COC=O)O1. The molecule has 1 aliphatic rings. The summed E-state index contributed by atoms with van der Waals surface area (Å²) in [7, 11) is 1.62. The molecule has 0 radical (unpaired) electrons. The smallest absolute Gasteiger partial charge is 0.293 e. The monoisotopic (exact) mass is 174 g/mol. The minimum absolute atomic E-state index is 0.00824. The Morgan fingerprint density at radius 2 is 2.42 bits per heavy atom. The molecule has 0 saturated carbocycles. The third-order valence-corrected chi connectivity index (χ3v) is 1.92. The minimum Gasteiger partial charge on any atom is -0.465 e. The van der Waals surface area contributed by atoms with Crippen LogP contribution >= 0.6 is 0 Å². The van der Waals surface area contributed by atoms with Crippen molar-refractivity contribution in [3.05, 3.63) is 0 Å². The molecule has 70 valence electrons. The van der Waals surface area contributed by atoms with Crippen molar-refractivity contribution < 1.29 is 19.0 Å². The molecule has 2 atom stereocenters. The summed E-state index contributed by atoms with van der Waals surface area (Å²) in [6.07, 6.45) is 2.81. The first-order valence-corrected chi connectivity index (χ1v) is 4.10. The van der Waals surface area contributed by atoms with Crippen LogP contribution < -0.4 is 0 Å². The van der Waals surface area contributed by atoms with Gasteiger partial charge >= 0.3 is 0 Å². The predicted molar refractivity (Wildman–Crippen MR) is 41.5 cm³/mol. The summed E-state index contributed by atoms with van der Waals surface area (Å²) < 4.78 is 15.1. The summed E-state index contributed by atoms with van der Waals surface area (Å²) in [5.74, 6) is 0. The van der Waals surface area contributed by atoms with Gasteiger partial charge in [0.2, 0.25) is 0 Å². The maximum Gasteiger partial charge on any atom is 0.293 e. The fourth-order valence-electron chi connectivity index (χ4n) is 1.31. The zero-order valence-corrected chi connectivity index (χ0v) is 7.19. The lowest BCUT2D eigenvalue weighted by Crippen LogP contribution is -2.31. The molecule has 0 amide bonds. The van der Waals surface area contributed by atoms with Crippen molar-refractivity contribution in [1.29, 1.82) is 0 Å². The lowest BCUT2D eigenvalue weighted by molar-refractivity contribution is -0.191. The van der Waals surface area contributed by atoms with E-state index in [1.807, 2.05) is 0 Å². The van der Waals surface area contributed by atoms with E-state index >= 15 is 0 Å².